The molecule has 0 fully saturated rings. The standard InChI is InChI=1S/C17H19N3O3/c1-2-10-23-17-9-8-15(11-16(17)20(21)22)13-19-18-12-14-6-4-3-5-7-14/h3-9,11,13,18H,2,10,12H2,1H3. The first-order valence-electron chi connectivity index (χ1n) is 7.41. The van der Waals surface area contributed by atoms with Crippen LogP contribution in [0.25, 0.3) is 0 Å². The summed E-state index contributed by atoms with van der Waals surface area (Å²) in [5, 5.41) is 15.2. The second kappa shape index (κ2) is 8.53. The highest BCUT2D eigenvalue weighted by Gasteiger charge is 2.15. The molecule has 0 aromatic heterocycles. The van der Waals surface area contributed by atoms with Gasteiger partial charge in [0.2, 0.25) is 0 Å². The second-order valence-corrected chi connectivity index (χ2v) is 4.91. The fraction of sp³-hybridized carbons (Fsp3) is 0.235. The number of hydrogen-bond donors (Lipinski definition) is 1. The van der Waals surface area contributed by atoms with E-state index in [4.69, 9.17) is 4.74 Å². The lowest BCUT2D eigenvalue weighted by atomic mass is 10.2. The summed E-state index contributed by atoms with van der Waals surface area (Å²) in [6.07, 6.45) is 2.35. The van der Waals surface area contributed by atoms with Gasteiger partial charge >= 0.3 is 5.69 Å². The summed E-state index contributed by atoms with van der Waals surface area (Å²) in [7, 11) is 0. The van der Waals surface area contributed by atoms with Gasteiger partial charge in [-0.25, -0.2) is 0 Å². The number of nitrogens with zero attached hydrogens (tertiary/aromatic N) is 2. The van der Waals surface area contributed by atoms with Crippen LogP contribution in [0.15, 0.2) is 53.6 Å². The van der Waals surface area contributed by atoms with Crippen molar-refractivity contribution in [1.29, 1.82) is 0 Å². The van der Waals surface area contributed by atoms with Crippen molar-refractivity contribution < 1.29 is 9.66 Å². The number of nitrogens with one attached hydrogen (secondary N) is 1. The molecule has 0 unspecified atom stereocenters. The van der Waals surface area contributed by atoms with Gasteiger partial charge in [0.05, 0.1) is 24.3 Å². The fourth-order valence-electron chi connectivity index (χ4n) is 1.94. The van der Waals surface area contributed by atoms with E-state index in [1.165, 1.54) is 6.07 Å². The van der Waals surface area contributed by atoms with Crippen LogP contribution in [0.2, 0.25) is 0 Å². The maximum atomic E-state index is 11.1. The maximum Gasteiger partial charge on any atom is 0.311 e. The van der Waals surface area contributed by atoms with Crippen molar-refractivity contribution in [2.45, 2.75) is 19.9 Å². The third-order valence-electron chi connectivity index (χ3n) is 3.07. The Kier molecular flexibility index (Phi) is 6.11. The van der Waals surface area contributed by atoms with Crippen LogP contribution in [0.4, 0.5) is 5.69 Å². The Bertz CT molecular complexity index is 672. The third kappa shape index (κ3) is 5.10. The number of hydrogen-bond acceptors (Lipinski definition) is 5. The SMILES string of the molecule is CCCOc1ccc(C=NNCc2ccccc2)cc1[N+](=O)[O-]. The Balaban J connectivity index is 2.00. The lowest BCUT2D eigenvalue weighted by molar-refractivity contribution is -0.385. The molecule has 0 spiro atoms. The van der Waals surface area contributed by atoms with Crippen molar-refractivity contribution in [2.75, 3.05) is 6.61 Å². The van der Waals surface area contributed by atoms with Crippen molar-refractivity contribution in [1.82, 2.24) is 5.43 Å². The summed E-state index contributed by atoms with van der Waals surface area (Å²) in [6, 6.07) is 14.7. The highest BCUT2D eigenvalue weighted by Crippen LogP contribution is 2.27. The molecule has 0 aliphatic rings. The lowest BCUT2D eigenvalue weighted by Crippen LogP contribution is -2.05. The first kappa shape index (κ1) is 16.5. The van der Waals surface area contributed by atoms with Crippen LogP contribution in [0.1, 0.15) is 24.5 Å². The van der Waals surface area contributed by atoms with Crippen LogP contribution in [0.3, 0.4) is 0 Å². The predicted molar refractivity (Wildman–Crippen MR) is 89.8 cm³/mol. The van der Waals surface area contributed by atoms with Gasteiger partial charge in [0, 0.05) is 11.6 Å². The Morgan fingerprint density at radius 2 is 2.04 bits per heavy atom. The van der Waals surface area contributed by atoms with Crippen molar-refractivity contribution in [3.8, 4) is 5.75 Å². The minimum atomic E-state index is -0.445. The largest absolute Gasteiger partial charge is 0.487 e. The molecule has 23 heavy (non-hydrogen) atoms. The van der Waals surface area contributed by atoms with Crippen LogP contribution in [-0.4, -0.2) is 17.7 Å². The minimum Gasteiger partial charge on any atom is -0.487 e. The molecule has 0 aliphatic carbocycles. The van der Waals surface area contributed by atoms with Crippen LogP contribution in [0.5, 0.6) is 5.75 Å². The molecule has 6 heteroatoms. The summed E-state index contributed by atoms with van der Waals surface area (Å²) in [5.41, 5.74) is 4.62. The summed E-state index contributed by atoms with van der Waals surface area (Å²) >= 11 is 0. The maximum absolute atomic E-state index is 11.1. The van der Waals surface area contributed by atoms with Gasteiger partial charge in [-0.2, -0.15) is 5.10 Å². The van der Waals surface area contributed by atoms with Crippen molar-refractivity contribution in [3.05, 3.63) is 69.8 Å². The summed E-state index contributed by atoms with van der Waals surface area (Å²) < 4.78 is 5.38. The highest BCUT2D eigenvalue weighted by atomic mass is 16.6. The van der Waals surface area contributed by atoms with E-state index >= 15 is 0 Å². The van der Waals surface area contributed by atoms with E-state index in [1.807, 2.05) is 37.3 Å². The van der Waals surface area contributed by atoms with Crippen LogP contribution in [0, 0.1) is 10.1 Å². The van der Waals surface area contributed by atoms with E-state index in [2.05, 4.69) is 10.5 Å². The molecule has 2 aromatic rings. The van der Waals surface area contributed by atoms with Crippen LogP contribution >= 0.6 is 0 Å². The molecule has 0 bridgehead atoms. The molecular formula is C17H19N3O3. The van der Waals surface area contributed by atoms with E-state index in [0.29, 0.717) is 18.7 Å². The molecule has 0 saturated heterocycles. The van der Waals surface area contributed by atoms with Gasteiger partial charge in [-0.05, 0) is 24.1 Å². The highest BCUT2D eigenvalue weighted by molar-refractivity contribution is 5.81. The average Bonchev–Trinajstić information content (AvgIpc) is 2.58. The molecule has 2 rings (SSSR count). The van der Waals surface area contributed by atoms with E-state index in [0.717, 1.165) is 12.0 Å². The molecule has 120 valence electrons. The minimum absolute atomic E-state index is 0.0505. The predicted octanol–water partition coefficient (Wildman–Crippen LogP) is 3.51. The molecular weight excluding hydrogens is 294 g/mol. The number of ether oxygens (including phenoxy) is 1. The lowest BCUT2D eigenvalue weighted by Gasteiger charge is -2.05. The Labute approximate surface area is 134 Å². The van der Waals surface area contributed by atoms with Gasteiger partial charge in [0.1, 0.15) is 0 Å². The third-order valence-corrected chi connectivity index (χ3v) is 3.07. The summed E-state index contributed by atoms with van der Waals surface area (Å²) in [4.78, 5) is 10.7. The first-order chi connectivity index (χ1) is 11.2. The average molecular weight is 313 g/mol. The molecule has 1 N–H and O–H groups in total. The first-order valence-corrected chi connectivity index (χ1v) is 7.41. The quantitative estimate of drug-likeness (QED) is 0.459. The van der Waals surface area contributed by atoms with E-state index in [-0.39, 0.29) is 11.4 Å². The van der Waals surface area contributed by atoms with E-state index in [9.17, 15) is 10.1 Å². The Morgan fingerprint density at radius 1 is 1.26 bits per heavy atom. The Morgan fingerprint density at radius 3 is 2.74 bits per heavy atom. The summed E-state index contributed by atoms with van der Waals surface area (Å²) in [6.45, 7) is 3.00. The molecule has 0 heterocycles. The van der Waals surface area contributed by atoms with Crippen LogP contribution in [-0.2, 0) is 6.54 Å². The Hall–Kier alpha value is -2.89. The van der Waals surface area contributed by atoms with E-state index in [1.54, 1.807) is 18.3 Å². The van der Waals surface area contributed by atoms with Crippen molar-refractivity contribution in [3.63, 3.8) is 0 Å². The smallest absolute Gasteiger partial charge is 0.311 e. The normalized spacial score (nSPS) is 10.7. The van der Waals surface area contributed by atoms with Crippen molar-refractivity contribution >= 4 is 11.9 Å². The fourth-order valence-corrected chi connectivity index (χ4v) is 1.94. The molecule has 6 nitrogen and oxygen atoms in total. The molecule has 0 aliphatic heterocycles. The van der Waals surface area contributed by atoms with Gasteiger partial charge in [-0.15, -0.1) is 0 Å². The molecule has 0 atom stereocenters. The van der Waals surface area contributed by atoms with E-state index < -0.39 is 4.92 Å². The zero-order valence-corrected chi connectivity index (χ0v) is 12.9. The van der Waals surface area contributed by atoms with Gasteiger partial charge < -0.3 is 10.2 Å². The van der Waals surface area contributed by atoms with Gasteiger partial charge in [-0.3, -0.25) is 10.1 Å². The number of hydrazone groups is 1. The second-order valence-electron chi connectivity index (χ2n) is 4.91. The summed E-state index contributed by atoms with van der Waals surface area (Å²) in [5.74, 6) is 0.284. The molecule has 0 saturated carbocycles. The zero-order valence-electron chi connectivity index (χ0n) is 12.9. The zero-order chi connectivity index (χ0) is 16.5. The number of rotatable bonds is 8. The topological polar surface area (TPSA) is 76.8 Å². The van der Waals surface area contributed by atoms with Crippen LogP contribution < -0.4 is 10.2 Å². The number of nitro groups is 1. The van der Waals surface area contributed by atoms with Crippen molar-refractivity contribution in [2.24, 2.45) is 5.10 Å². The molecule has 0 radical (unpaired) electrons. The van der Waals surface area contributed by atoms with Gasteiger partial charge in [-0.1, -0.05) is 37.3 Å². The monoisotopic (exact) mass is 313 g/mol. The molecule has 2 aromatic carbocycles. The number of benzene rings is 2. The number of nitro benzene ring substituents is 1. The van der Waals surface area contributed by atoms with Gasteiger partial charge in [0.15, 0.2) is 5.75 Å². The molecule has 0 amide bonds. The van der Waals surface area contributed by atoms with Gasteiger partial charge in [0.25, 0.3) is 0 Å².